The summed E-state index contributed by atoms with van der Waals surface area (Å²) in [7, 11) is 1.57. The molecule has 1 saturated heterocycles. The Bertz CT molecular complexity index is 1040. The van der Waals surface area contributed by atoms with Crippen molar-refractivity contribution in [3.8, 4) is 11.5 Å². The van der Waals surface area contributed by atoms with Gasteiger partial charge in [0.15, 0.2) is 5.78 Å². The summed E-state index contributed by atoms with van der Waals surface area (Å²) in [6, 6.07) is 6.45. The summed E-state index contributed by atoms with van der Waals surface area (Å²) in [6.07, 6.45) is 3.25. The summed E-state index contributed by atoms with van der Waals surface area (Å²) in [5, 5.41) is 0. The number of hydrogen-bond acceptors (Lipinski definition) is 7. The second-order valence-electron chi connectivity index (χ2n) is 7.55. The number of piperidine rings is 1. The molecule has 9 heteroatoms. The second kappa shape index (κ2) is 8.14. The maximum absolute atomic E-state index is 12.9. The molecule has 2 aliphatic heterocycles. The zero-order chi connectivity index (χ0) is 21.3. The van der Waals surface area contributed by atoms with Crippen molar-refractivity contribution in [2.45, 2.75) is 30.6 Å². The predicted molar refractivity (Wildman–Crippen MR) is 113 cm³/mol. The number of ether oxygens (including phenoxy) is 2. The van der Waals surface area contributed by atoms with Gasteiger partial charge in [0.25, 0.3) is 11.5 Å². The first-order valence-corrected chi connectivity index (χ1v) is 11.1. The van der Waals surface area contributed by atoms with Crippen LogP contribution in [0, 0.1) is 0 Å². The van der Waals surface area contributed by atoms with Crippen LogP contribution in [0.1, 0.15) is 45.9 Å². The molecule has 0 unspecified atom stereocenters. The second-order valence-corrected chi connectivity index (χ2v) is 8.42. The minimum absolute atomic E-state index is 0.0386. The van der Waals surface area contributed by atoms with Crippen molar-refractivity contribution >= 4 is 23.5 Å². The van der Waals surface area contributed by atoms with Crippen molar-refractivity contribution in [3.63, 3.8) is 0 Å². The maximum Gasteiger partial charge on any atom is 0.272 e. The van der Waals surface area contributed by atoms with E-state index in [1.54, 1.807) is 30.2 Å². The molecule has 0 aliphatic carbocycles. The smallest absolute Gasteiger partial charge is 0.272 e. The number of likely N-dealkylation sites (tertiary alicyclic amines) is 1. The van der Waals surface area contributed by atoms with E-state index in [9.17, 15) is 14.4 Å². The van der Waals surface area contributed by atoms with Crippen LogP contribution in [-0.4, -0.2) is 58.6 Å². The van der Waals surface area contributed by atoms with Gasteiger partial charge in [0.05, 0.1) is 24.8 Å². The van der Waals surface area contributed by atoms with Gasteiger partial charge in [0.1, 0.15) is 28.6 Å². The quantitative estimate of drug-likeness (QED) is 0.796. The monoisotopic (exact) mass is 429 g/mol. The molecule has 1 N–H and O–H groups in total. The molecule has 1 spiro atoms. The minimum Gasteiger partial charge on any atom is -0.497 e. The molecule has 1 fully saturated rings. The first-order chi connectivity index (χ1) is 14.4. The lowest BCUT2D eigenvalue weighted by atomic mass is 9.82. The Morgan fingerprint density at radius 2 is 2.07 bits per heavy atom. The average Bonchev–Trinajstić information content (AvgIpc) is 2.73. The van der Waals surface area contributed by atoms with Crippen LogP contribution in [0.2, 0.25) is 0 Å². The lowest BCUT2D eigenvalue weighted by Crippen LogP contribution is -2.52. The van der Waals surface area contributed by atoms with Crippen molar-refractivity contribution in [2.24, 2.45) is 0 Å². The van der Waals surface area contributed by atoms with Crippen LogP contribution in [-0.2, 0) is 5.75 Å². The van der Waals surface area contributed by atoms with Crippen molar-refractivity contribution < 1.29 is 19.1 Å². The van der Waals surface area contributed by atoms with Gasteiger partial charge >= 0.3 is 0 Å². The number of amides is 1. The third kappa shape index (κ3) is 3.94. The van der Waals surface area contributed by atoms with Gasteiger partial charge < -0.3 is 19.4 Å². The molecule has 2 aromatic rings. The van der Waals surface area contributed by atoms with Gasteiger partial charge in [-0.3, -0.25) is 14.4 Å². The molecule has 3 heterocycles. The van der Waals surface area contributed by atoms with E-state index in [-0.39, 0.29) is 29.4 Å². The highest BCUT2D eigenvalue weighted by molar-refractivity contribution is 7.97. The van der Waals surface area contributed by atoms with Gasteiger partial charge in [-0.1, -0.05) is 0 Å². The van der Waals surface area contributed by atoms with Crippen molar-refractivity contribution in [1.29, 1.82) is 0 Å². The fourth-order valence-electron chi connectivity index (χ4n) is 3.98. The number of nitrogens with one attached hydrogen (secondary N) is 1. The summed E-state index contributed by atoms with van der Waals surface area (Å²) in [5.74, 6) is 1.94. The molecule has 8 nitrogen and oxygen atoms in total. The van der Waals surface area contributed by atoms with Gasteiger partial charge in [-0.05, 0) is 18.4 Å². The number of ketones is 1. The molecule has 30 heavy (non-hydrogen) atoms. The number of H-pyrrole nitrogens is 1. The van der Waals surface area contributed by atoms with E-state index in [1.165, 1.54) is 17.8 Å². The Balaban J connectivity index is 1.49. The van der Waals surface area contributed by atoms with E-state index in [2.05, 4.69) is 9.97 Å². The van der Waals surface area contributed by atoms with Crippen molar-refractivity contribution in [1.82, 2.24) is 14.9 Å². The lowest BCUT2D eigenvalue weighted by Gasteiger charge is -2.43. The number of hydrogen-bond donors (Lipinski definition) is 1. The summed E-state index contributed by atoms with van der Waals surface area (Å²) in [6.45, 7) is 0.857. The topological polar surface area (TPSA) is 102 Å². The third-order valence-corrected chi connectivity index (χ3v) is 6.11. The SMILES string of the molecule is COc1ccc2c(c1)OC1(CCN(C(=O)c3cc(=O)[nH]c(CSC)n3)CC1)CC2=O. The Kier molecular flexibility index (Phi) is 5.55. The van der Waals surface area contributed by atoms with E-state index in [0.717, 1.165) is 0 Å². The highest BCUT2D eigenvalue weighted by Crippen LogP contribution is 2.40. The van der Waals surface area contributed by atoms with E-state index in [4.69, 9.17) is 9.47 Å². The molecule has 4 rings (SSSR count). The van der Waals surface area contributed by atoms with Gasteiger partial charge in [-0.15, -0.1) is 0 Å². The number of rotatable bonds is 4. The van der Waals surface area contributed by atoms with Crippen LogP contribution < -0.4 is 15.0 Å². The molecular weight excluding hydrogens is 406 g/mol. The number of carbonyl (C=O) groups is 2. The first kappa shape index (κ1) is 20.5. The third-order valence-electron chi connectivity index (χ3n) is 5.55. The lowest BCUT2D eigenvalue weighted by molar-refractivity contribution is -0.00596. The molecular formula is C21H23N3O5S. The van der Waals surface area contributed by atoms with E-state index in [1.807, 2.05) is 6.26 Å². The summed E-state index contributed by atoms with van der Waals surface area (Å²) < 4.78 is 11.5. The predicted octanol–water partition coefficient (Wildman–Crippen LogP) is 2.28. The molecule has 1 aromatic carbocycles. The number of Topliss-reactive ketones (excluding diaryl/α,β-unsaturated/α-hetero) is 1. The van der Waals surface area contributed by atoms with Gasteiger partial charge in [-0.25, -0.2) is 4.98 Å². The molecule has 0 atom stereocenters. The van der Waals surface area contributed by atoms with Gasteiger partial charge in [0, 0.05) is 38.1 Å². The Labute approximate surface area is 178 Å². The molecule has 1 amide bonds. The standard InChI is InChI=1S/C21H23N3O5S/c1-28-13-3-4-14-16(25)11-21(29-17(14)9-13)5-7-24(8-6-21)20(27)15-10-19(26)23-18(22-15)12-30-2/h3-4,9-10H,5-8,11-12H2,1-2H3,(H,22,23,26). The molecule has 158 valence electrons. The van der Waals surface area contributed by atoms with Gasteiger partial charge in [0.2, 0.25) is 0 Å². The molecule has 0 radical (unpaired) electrons. The highest BCUT2D eigenvalue weighted by atomic mass is 32.2. The van der Waals surface area contributed by atoms with Crippen LogP contribution >= 0.6 is 11.8 Å². The Hall–Kier alpha value is -2.81. The maximum atomic E-state index is 12.9. The number of aromatic amines is 1. The fourth-order valence-corrected chi connectivity index (χ4v) is 4.39. The number of thioether (sulfide) groups is 1. The van der Waals surface area contributed by atoms with E-state index >= 15 is 0 Å². The number of carbonyl (C=O) groups excluding carboxylic acids is 2. The molecule has 0 bridgehead atoms. The van der Waals surface area contributed by atoms with Crippen LogP contribution in [0.3, 0.4) is 0 Å². The number of nitrogens with zero attached hydrogens (tertiary/aromatic N) is 2. The zero-order valence-electron chi connectivity index (χ0n) is 16.9. The number of benzene rings is 1. The Morgan fingerprint density at radius 3 is 2.77 bits per heavy atom. The minimum atomic E-state index is -0.626. The van der Waals surface area contributed by atoms with Crippen LogP contribution in [0.25, 0.3) is 0 Å². The van der Waals surface area contributed by atoms with Crippen LogP contribution in [0.5, 0.6) is 11.5 Å². The first-order valence-electron chi connectivity index (χ1n) is 9.72. The average molecular weight is 429 g/mol. The van der Waals surface area contributed by atoms with Crippen molar-refractivity contribution in [3.05, 3.63) is 51.7 Å². The summed E-state index contributed by atoms with van der Waals surface area (Å²) in [5.41, 5.74) is -0.250. The number of methoxy groups -OCH3 is 1. The fraction of sp³-hybridized carbons (Fsp3) is 0.429. The van der Waals surface area contributed by atoms with E-state index in [0.29, 0.717) is 54.6 Å². The molecule has 1 aromatic heterocycles. The van der Waals surface area contributed by atoms with E-state index < -0.39 is 5.60 Å². The summed E-state index contributed by atoms with van der Waals surface area (Å²) in [4.78, 5) is 46.1. The number of aromatic nitrogens is 2. The molecule has 2 aliphatic rings. The largest absolute Gasteiger partial charge is 0.497 e. The molecule has 0 saturated carbocycles. The van der Waals surface area contributed by atoms with Crippen LogP contribution in [0.15, 0.2) is 29.1 Å². The zero-order valence-corrected chi connectivity index (χ0v) is 17.7. The summed E-state index contributed by atoms with van der Waals surface area (Å²) >= 11 is 1.52. The normalized spacial score (nSPS) is 17.4. The Morgan fingerprint density at radius 1 is 1.30 bits per heavy atom. The van der Waals surface area contributed by atoms with Crippen molar-refractivity contribution in [2.75, 3.05) is 26.5 Å². The number of fused-ring (bicyclic) bond motifs is 1. The highest BCUT2D eigenvalue weighted by Gasteiger charge is 2.44. The van der Waals surface area contributed by atoms with Crippen LogP contribution in [0.4, 0.5) is 0 Å². The van der Waals surface area contributed by atoms with Gasteiger partial charge in [-0.2, -0.15) is 11.8 Å².